The highest BCUT2D eigenvalue weighted by Crippen LogP contribution is 2.39. The highest BCUT2D eigenvalue weighted by molar-refractivity contribution is 7.99. The molecule has 20 heavy (non-hydrogen) atoms. The summed E-state index contributed by atoms with van der Waals surface area (Å²) < 4.78 is 0. The summed E-state index contributed by atoms with van der Waals surface area (Å²) in [5, 5.41) is 0.227. The second kappa shape index (κ2) is 7.16. The SMILES string of the molecule is CCCCCC(=O)N1CCS[C@H]1c1ccc(C)cc1C. The van der Waals surface area contributed by atoms with Crippen LogP contribution in [-0.4, -0.2) is 23.1 Å². The normalized spacial score (nSPS) is 18.6. The number of carbonyl (C=O) groups excluding carboxylic acids is 1. The smallest absolute Gasteiger partial charge is 0.223 e. The molecule has 2 nitrogen and oxygen atoms in total. The van der Waals surface area contributed by atoms with E-state index in [9.17, 15) is 4.79 Å². The fraction of sp³-hybridized carbons (Fsp3) is 0.588. The van der Waals surface area contributed by atoms with Crippen molar-refractivity contribution in [3.8, 4) is 0 Å². The number of nitrogens with zero attached hydrogens (tertiary/aromatic N) is 1. The van der Waals surface area contributed by atoms with E-state index in [-0.39, 0.29) is 5.37 Å². The van der Waals surface area contributed by atoms with Crippen LogP contribution in [0.4, 0.5) is 0 Å². The molecule has 3 heteroatoms. The Bertz CT molecular complexity index is 472. The summed E-state index contributed by atoms with van der Waals surface area (Å²) in [5.41, 5.74) is 3.90. The summed E-state index contributed by atoms with van der Waals surface area (Å²) in [7, 11) is 0. The summed E-state index contributed by atoms with van der Waals surface area (Å²) in [6.45, 7) is 7.34. The van der Waals surface area contributed by atoms with E-state index in [1.165, 1.54) is 23.1 Å². The molecule has 0 N–H and O–H groups in total. The first-order chi connectivity index (χ1) is 9.63. The Morgan fingerprint density at radius 2 is 2.15 bits per heavy atom. The van der Waals surface area contributed by atoms with Crippen molar-refractivity contribution in [3.05, 3.63) is 34.9 Å². The van der Waals surface area contributed by atoms with Gasteiger partial charge in [0.15, 0.2) is 0 Å². The number of hydrogen-bond acceptors (Lipinski definition) is 2. The number of amides is 1. The third kappa shape index (κ3) is 3.57. The number of benzene rings is 1. The lowest BCUT2D eigenvalue weighted by atomic mass is 10.0. The first-order valence-corrected chi connectivity index (χ1v) is 8.66. The molecular weight excluding hydrogens is 266 g/mol. The third-order valence-electron chi connectivity index (χ3n) is 3.90. The Labute approximate surface area is 126 Å². The predicted octanol–water partition coefficient (Wildman–Crippen LogP) is 4.46. The number of thioether (sulfide) groups is 1. The van der Waals surface area contributed by atoms with E-state index in [2.05, 4.69) is 43.9 Å². The fourth-order valence-corrected chi connectivity index (χ4v) is 4.13. The summed E-state index contributed by atoms with van der Waals surface area (Å²) in [5.74, 6) is 1.38. The molecular formula is C17H25NOS. The zero-order valence-corrected chi connectivity index (χ0v) is 13.6. The van der Waals surface area contributed by atoms with Gasteiger partial charge < -0.3 is 4.90 Å². The van der Waals surface area contributed by atoms with Crippen LogP contribution in [0.2, 0.25) is 0 Å². The lowest BCUT2D eigenvalue weighted by molar-refractivity contribution is -0.131. The van der Waals surface area contributed by atoms with Gasteiger partial charge in [-0.1, -0.05) is 43.5 Å². The van der Waals surface area contributed by atoms with Crippen LogP contribution in [0.1, 0.15) is 54.7 Å². The van der Waals surface area contributed by atoms with Gasteiger partial charge in [-0.2, -0.15) is 0 Å². The maximum atomic E-state index is 12.4. The average Bonchev–Trinajstić information content (AvgIpc) is 2.88. The van der Waals surface area contributed by atoms with Crippen molar-refractivity contribution >= 4 is 17.7 Å². The fourth-order valence-electron chi connectivity index (χ4n) is 2.76. The molecule has 1 saturated heterocycles. The van der Waals surface area contributed by atoms with Crippen LogP contribution in [0.25, 0.3) is 0 Å². The highest BCUT2D eigenvalue weighted by Gasteiger charge is 2.30. The summed E-state index contributed by atoms with van der Waals surface area (Å²) in [4.78, 5) is 14.5. The van der Waals surface area contributed by atoms with E-state index in [0.29, 0.717) is 12.3 Å². The van der Waals surface area contributed by atoms with Gasteiger partial charge in [0.1, 0.15) is 5.37 Å². The zero-order valence-electron chi connectivity index (χ0n) is 12.8. The van der Waals surface area contributed by atoms with Gasteiger partial charge in [-0.25, -0.2) is 0 Å². The lowest BCUT2D eigenvalue weighted by Gasteiger charge is -2.25. The molecule has 1 aliphatic rings. The standard InChI is InChI=1S/C17H25NOS/c1-4-5-6-7-16(19)18-10-11-20-17(18)15-9-8-13(2)12-14(15)3/h8-9,12,17H,4-7,10-11H2,1-3H3/t17-/m0/s1. The van der Waals surface area contributed by atoms with Crippen molar-refractivity contribution < 1.29 is 4.79 Å². The molecule has 1 aromatic carbocycles. The monoisotopic (exact) mass is 291 g/mol. The molecule has 2 rings (SSSR count). The molecule has 0 unspecified atom stereocenters. The van der Waals surface area contributed by atoms with Gasteiger partial charge in [0.05, 0.1) is 0 Å². The number of rotatable bonds is 5. The highest BCUT2D eigenvalue weighted by atomic mass is 32.2. The molecule has 110 valence electrons. The largest absolute Gasteiger partial charge is 0.326 e. The molecule has 1 atom stereocenters. The van der Waals surface area contributed by atoms with E-state index in [0.717, 1.165) is 25.1 Å². The zero-order chi connectivity index (χ0) is 14.5. The molecule has 0 spiro atoms. The van der Waals surface area contributed by atoms with Crippen LogP contribution in [0.3, 0.4) is 0 Å². The summed E-state index contributed by atoms with van der Waals surface area (Å²) in [6.07, 6.45) is 4.05. The van der Waals surface area contributed by atoms with Crippen LogP contribution >= 0.6 is 11.8 Å². The Kier molecular flexibility index (Phi) is 5.53. The molecule has 1 heterocycles. The Balaban J connectivity index is 2.08. The van der Waals surface area contributed by atoms with Gasteiger partial charge in [0.2, 0.25) is 5.91 Å². The van der Waals surface area contributed by atoms with Gasteiger partial charge in [-0.15, -0.1) is 11.8 Å². The first kappa shape index (κ1) is 15.4. The van der Waals surface area contributed by atoms with Crippen molar-refractivity contribution in [2.75, 3.05) is 12.3 Å². The average molecular weight is 291 g/mol. The summed E-state index contributed by atoms with van der Waals surface area (Å²) >= 11 is 1.90. The Morgan fingerprint density at radius 3 is 2.85 bits per heavy atom. The number of aryl methyl sites for hydroxylation is 2. The van der Waals surface area contributed by atoms with Gasteiger partial charge in [-0.05, 0) is 31.4 Å². The van der Waals surface area contributed by atoms with Gasteiger partial charge >= 0.3 is 0 Å². The Hall–Kier alpha value is -0.960. The van der Waals surface area contributed by atoms with Crippen LogP contribution < -0.4 is 0 Å². The van der Waals surface area contributed by atoms with E-state index in [1.807, 2.05) is 11.8 Å². The molecule has 1 aromatic rings. The topological polar surface area (TPSA) is 20.3 Å². The lowest BCUT2D eigenvalue weighted by Crippen LogP contribution is -2.30. The van der Waals surface area contributed by atoms with Crippen LogP contribution in [0.15, 0.2) is 18.2 Å². The minimum atomic E-state index is 0.227. The second-order valence-electron chi connectivity index (χ2n) is 5.63. The minimum absolute atomic E-state index is 0.227. The number of carbonyl (C=O) groups is 1. The molecule has 1 fully saturated rings. The van der Waals surface area contributed by atoms with Crippen LogP contribution in [0, 0.1) is 13.8 Å². The maximum Gasteiger partial charge on any atom is 0.223 e. The van der Waals surface area contributed by atoms with Crippen molar-refractivity contribution in [1.29, 1.82) is 0 Å². The van der Waals surface area contributed by atoms with E-state index in [1.54, 1.807) is 0 Å². The molecule has 1 aliphatic heterocycles. The van der Waals surface area contributed by atoms with E-state index < -0.39 is 0 Å². The van der Waals surface area contributed by atoms with E-state index >= 15 is 0 Å². The second-order valence-corrected chi connectivity index (χ2v) is 6.82. The van der Waals surface area contributed by atoms with Crippen molar-refractivity contribution in [2.24, 2.45) is 0 Å². The quantitative estimate of drug-likeness (QED) is 0.747. The van der Waals surface area contributed by atoms with Crippen molar-refractivity contribution in [2.45, 2.75) is 51.8 Å². The molecule has 0 bridgehead atoms. The summed E-state index contributed by atoms with van der Waals surface area (Å²) in [6, 6.07) is 6.56. The molecule has 0 saturated carbocycles. The van der Waals surface area contributed by atoms with Crippen molar-refractivity contribution in [1.82, 2.24) is 4.90 Å². The van der Waals surface area contributed by atoms with Crippen molar-refractivity contribution in [3.63, 3.8) is 0 Å². The maximum absolute atomic E-state index is 12.4. The predicted molar refractivity (Wildman–Crippen MR) is 87.0 cm³/mol. The van der Waals surface area contributed by atoms with Crippen LogP contribution in [-0.2, 0) is 4.79 Å². The van der Waals surface area contributed by atoms with Gasteiger partial charge in [-0.3, -0.25) is 4.79 Å². The third-order valence-corrected chi connectivity index (χ3v) is 5.14. The molecule has 0 aromatic heterocycles. The van der Waals surface area contributed by atoms with Crippen LogP contribution in [0.5, 0.6) is 0 Å². The Morgan fingerprint density at radius 1 is 1.35 bits per heavy atom. The molecule has 0 aliphatic carbocycles. The van der Waals surface area contributed by atoms with E-state index in [4.69, 9.17) is 0 Å². The van der Waals surface area contributed by atoms with Gasteiger partial charge in [0, 0.05) is 18.7 Å². The molecule has 1 amide bonds. The van der Waals surface area contributed by atoms with Gasteiger partial charge in [0.25, 0.3) is 0 Å². The number of unbranched alkanes of at least 4 members (excludes halogenated alkanes) is 2. The number of hydrogen-bond donors (Lipinski definition) is 0. The minimum Gasteiger partial charge on any atom is -0.326 e. The first-order valence-electron chi connectivity index (χ1n) is 7.61. The molecule has 0 radical (unpaired) electrons.